The summed E-state index contributed by atoms with van der Waals surface area (Å²) in [7, 11) is 1.52. The Bertz CT molecular complexity index is 211. The SMILES string of the molecule is CNC(=O)C(C)(C)NC(=O)C(C)N. The molecule has 0 saturated carbocycles. The van der Waals surface area contributed by atoms with Gasteiger partial charge in [0.2, 0.25) is 11.8 Å². The zero-order valence-electron chi connectivity index (χ0n) is 8.47. The molecule has 5 heteroatoms. The average Bonchev–Trinajstić information content (AvgIpc) is 2.01. The summed E-state index contributed by atoms with van der Waals surface area (Å²) in [6.07, 6.45) is 0. The van der Waals surface area contributed by atoms with E-state index in [0.717, 1.165) is 0 Å². The third-order valence-corrected chi connectivity index (χ3v) is 1.64. The largest absolute Gasteiger partial charge is 0.357 e. The number of nitrogens with one attached hydrogen (secondary N) is 2. The molecule has 76 valence electrons. The van der Waals surface area contributed by atoms with E-state index in [0.29, 0.717) is 0 Å². The van der Waals surface area contributed by atoms with Gasteiger partial charge in [0.1, 0.15) is 5.54 Å². The number of carbonyl (C=O) groups excluding carboxylic acids is 2. The molecule has 0 heterocycles. The van der Waals surface area contributed by atoms with Crippen LogP contribution >= 0.6 is 0 Å². The molecule has 0 bridgehead atoms. The van der Waals surface area contributed by atoms with Crippen molar-refractivity contribution in [1.82, 2.24) is 10.6 Å². The van der Waals surface area contributed by atoms with E-state index in [1.54, 1.807) is 20.8 Å². The average molecular weight is 187 g/mol. The van der Waals surface area contributed by atoms with Gasteiger partial charge in [0.05, 0.1) is 6.04 Å². The molecule has 0 aromatic rings. The van der Waals surface area contributed by atoms with E-state index < -0.39 is 11.6 Å². The van der Waals surface area contributed by atoms with Gasteiger partial charge in [0, 0.05) is 7.05 Å². The molecule has 0 aliphatic carbocycles. The molecule has 0 aromatic carbocycles. The molecule has 5 nitrogen and oxygen atoms in total. The highest BCUT2D eigenvalue weighted by Crippen LogP contribution is 2.01. The molecule has 0 saturated heterocycles. The van der Waals surface area contributed by atoms with Gasteiger partial charge in [-0.2, -0.15) is 0 Å². The fraction of sp³-hybridized carbons (Fsp3) is 0.750. The van der Waals surface area contributed by atoms with E-state index in [4.69, 9.17) is 5.73 Å². The van der Waals surface area contributed by atoms with Crippen LogP contribution in [0.5, 0.6) is 0 Å². The highest BCUT2D eigenvalue weighted by atomic mass is 16.2. The lowest BCUT2D eigenvalue weighted by Crippen LogP contribution is -2.57. The van der Waals surface area contributed by atoms with Gasteiger partial charge in [-0.15, -0.1) is 0 Å². The van der Waals surface area contributed by atoms with Gasteiger partial charge in [0.25, 0.3) is 0 Å². The summed E-state index contributed by atoms with van der Waals surface area (Å²) >= 11 is 0. The van der Waals surface area contributed by atoms with Gasteiger partial charge in [-0.25, -0.2) is 0 Å². The second-order valence-corrected chi connectivity index (χ2v) is 3.48. The molecule has 0 fully saturated rings. The quantitative estimate of drug-likeness (QED) is 0.528. The van der Waals surface area contributed by atoms with Crippen molar-refractivity contribution in [2.75, 3.05) is 7.05 Å². The van der Waals surface area contributed by atoms with Crippen LogP contribution < -0.4 is 16.4 Å². The van der Waals surface area contributed by atoms with Crippen LogP contribution in [0.15, 0.2) is 0 Å². The molecule has 0 aliphatic heterocycles. The molecule has 2 amide bonds. The Morgan fingerprint density at radius 3 is 2.15 bits per heavy atom. The number of hydrogen-bond donors (Lipinski definition) is 3. The number of nitrogens with two attached hydrogens (primary N) is 1. The van der Waals surface area contributed by atoms with E-state index >= 15 is 0 Å². The predicted octanol–water partition coefficient (Wildman–Crippen LogP) is -1.03. The van der Waals surface area contributed by atoms with Crippen molar-refractivity contribution in [2.24, 2.45) is 5.73 Å². The van der Waals surface area contributed by atoms with Crippen LogP contribution in [0.3, 0.4) is 0 Å². The summed E-state index contributed by atoms with van der Waals surface area (Å²) in [5.74, 6) is -0.588. The van der Waals surface area contributed by atoms with Crippen molar-refractivity contribution in [1.29, 1.82) is 0 Å². The minimum atomic E-state index is -0.917. The summed E-state index contributed by atoms with van der Waals surface area (Å²) in [6.45, 7) is 4.80. The maximum absolute atomic E-state index is 11.2. The van der Waals surface area contributed by atoms with E-state index in [1.165, 1.54) is 7.05 Å². The molecule has 1 unspecified atom stereocenters. The molecule has 1 atom stereocenters. The van der Waals surface area contributed by atoms with Crippen molar-refractivity contribution in [2.45, 2.75) is 32.4 Å². The monoisotopic (exact) mass is 187 g/mol. The van der Waals surface area contributed by atoms with E-state index in [2.05, 4.69) is 10.6 Å². The van der Waals surface area contributed by atoms with Crippen molar-refractivity contribution < 1.29 is 9.59 Å². The van der Waals surface area contributed by atoms with Gasteiger partial charge >= 0.3 is 0 Å². The molecule has 0 radical (unpaired) electrons. The van der Waals surface area contributed by atoms with E-state index in [-0.39, 0.29) is 11.8 Å². The number of rotatable bonds is 3. The van der Waals surface area contributed by atoms with Crippen LogP contribution in [0.25, 0.3) is 0 Å². The Balaban J connectivity index is 4.33. The van der Waals surface area contributed by atoms with Gasteiger partial charge in [-0.1, -0.05) is 0 Å². The van der Waals surface area contributed by atoms with Crippen LogP contribution in [0.1, 0.15) is 20.8 Å². The first-order valence-electron chi connectivity index (χ1n) is 4.11. The summed E-state index contributed by atoms with van der Waals surface area (Å²) in [4.78, 5) is 22.4. The summed E-state index contributed by atoms with van der Waals surface area (Å²) in [5.41, 5.74) is 4.42. The first-order valence-corrected chi connectivity index (χ1v) is 4.11. The minimum absolute atomic E-state index is 0.249. The smallest absolute Gasteiger partial charge is 0.244 e. The van der Waals surface area contributed by atoms with Crippen molar-refractivity contribution in [3.05, 3.63) is 0 Å². The molecule has 0 aromatic heterocycles. The Kier molecular flexibility index (Phi) is 3.87. The zero-order chi connectivity index (χ0) is 10.6. The lowest BCUT2D eigenvalue weighted by molar-refractivity contribution is -0.132. The molecular weight excluding hydrogens is 170 g/mol. The maximum Gasteiger partial charge on any atom is 0.244 e. The third-order valence-electron chi connectivity index (χ3n) is 1.64. The topological polar surface area (TPSA) is 84.2 Å². The van der Waals surface area contributed by atoms with Gasteiger partial charge < -0.3 is 16.4 Å². The van der Waals surface area contributed by atoms with Crippen LogP contribution in [-0.2, 0) is 9.59 Å². The van der Waals surface area contributed by atoms with E-state index in [9.17, 15) is 9.59 Å². The number of amides is 2. The fourth-order valence-corrected chi connectivity index (χ4v) is 0.791. The molecular formula is C8H17N3O2. The van der Waals surface area contributed by atoms with Gasteiger partial charge in [-0.05, 0) is 20.8 Å². The number of hydrogen-bond acceptors (Lipinski definition) is 3. The molecule has 0 aliphatic rings. The normalized spacial score (nSPS) is 13.3. The van der Waals surface area contributed by atoms with Crippen LogP contribution in [0.4, 0.5) is 0 Å². The highest BCUT2D eigenvalue weighted by Gasteiger charge is 2.29. The molecule has 0 spiro atoms. The Labute approximate surface area is 78.1 Å². The summed E-state index contributed by atoms with van der Waals surface area (Å²) in [6, 6.07) is -0.607. The lowest BCUT2D eigenvalue weighted by Gasteiger charge is -2.25. The van der Waals surface area contributed by atoms with Crippen LogP contribution in [0, 0.1) is 0 Å². The van der Waals surface area contributed by atoms with Gasteiger partial charge in [0.15, 0.2) is 0 Å². The Hall–Kier alpha value is -1.10. The second-order valence-electron chi connectivity index (χ2n) is 3.48. The highest BCUT2D eigenvalue weighted by molar-refractivity contribution is 5.91. The predicted molar refractivity (Wildman–Crippen MR) is 49.9 cm³/mol. The zero-order valence-corrected chi connectivity index (χ0v) is 8.47. The Morgan fingerprint density at radius 1 is 1.38 bits per heavy atom. The van der Waals surface area contributed by atoms with Gasteiger partial charge in [-0.3, -0.25) is 9.59 Å². The minimum Gasteiger partial charge on any atom is -0.357 e. The third kappa shape index (κ3) is 3.42. The van der Waals surface area contributed by atoms with Crippen molar-refractivity contribution in [3.8, 4) is 0 Å². The van der Waals surface area contributed by atoms with Crippen LogP contribution in [-0.4, -0.2) is 30.4 Å². The van der Waals surface area contributed by atoms with Crippen molar-refractivity contribution >= 4 is 11.8 Å². The fourth-order valence-electron chi connectivity index (χ4n) is 0.791. The molecule has 4 N–H and O–H groups in total. The first-order chi connectivity index (χ1) is 5.81. The lowest BCUT2D eigenvalue weighted by atomic mass is 10.0. The summed E-state index contributed by atoms with van der Waals surface area (Å²) < 4.78 is 0. The number of likely N-dealkylation sites (N-methyl/N-ethyl adjacent to an activating group) is 1. The maximum atomic E-state index is 11.2. The number of carbonyl (C=O) groups is 2. The molecule has 13 heavy (non-hydrogen) atoms. The second kappa shape index (κ2) is 4.23. The van der Waals surface area contributed by atoms with Crippen LogP contribution in [0.2, 0.25) is 0 Å². The Morgan fingerprint density at radius 2 is 1.85 bits per heavy atom. The van der Waals surface area contributed by atoms with E-state index in [1.807, 2.05) is 0 Å². The molecule has 0 rings (SSSR count). The van der Waals surface area contributed by atoms with Crippen molar-refractivity contribution in [3.63, 3.8) is 0 Å². The first kappa shape index (κ1) is 11.9. The standard InChI is InChI=1S/C8H17N3O2/c1-5(9)6(12)11-8(2,3)7(13)10-4/h5H,9H2,1-4H3,(H,10,13)(H,11,12). The summed E-state index contributed by atoms with van der Waals surface area (Å²) in [5, 5.41) is 4.99.